The molecule has 1 aliphatic heterocycles. The standard InChI is InChI=1S/C26H21BrF2N6O3/c1-14(36)19-12-34(20-6-5-15(7-18(19)20)16-9-30-26(29)31-10-16)13-24(37)35-11-17(28)8-21(35)25(38)33-23-4-2-3-22(27)32-23/h2-7,9-10,12,17,21H,8,11,13H2,1H3,(H,32,33,38). The minimum atomic E-state index is -1.35. The Morgan fingerprint density at radius 1 is 1.13 bits per heavy atom. The smallest absolute Gasteiger partial charge is 0.308 e. The predicted octanol–water partition coefficient (Wildman–Crippen LogP) is 4.18. The molecule has 4 aromatic rings. The van der Waals surface area contributed by atoms with E-state index >= 15 is 0 Å². The van der Waals surface area contributed by atoms with Gasteiger partial charge in [0.05, 0.1) is 6.54 Å². The number of likely N-dealkylation sites (tertiary alicyclic amines) is 1. The van der Waals surface area contributed by atoms with Gasteiger partial charge in [-0.2, -0.15) is 4.39 Å². The van der Waals surface area contributed by atoms with Crippen LogP contribution in [0.5, 0.6) is 0 Å². The summed E-state index contributed by atoms with van der Waals surface area (Å²) in [7, 11) is 0. The highest BCUT2D eigenvalue weighted by molar-refractivity contribution is 9.10. The van der Waals surface area contributed by atoms with Gasteiger partial charge in [0.1, 0.15) is 29.2 Å². The van der Waals surface area contributed by atoms with Crippen LogP contribution in [0.2, 0.25) is 0 Å². The van der Waals surface area contributed by atoms with Crippen LogP contribution < -0.4 is 5.32 Å². The molecule has 1 N–H and O–H groups in total. The highest BCUT2D eigenvalue weighted by Gasteiger charge is 2.40. The number of aromatic nitrogens is 4. The molecule has 2 atom stereocenters. The maximum atomic E-state index is 14.4. The average molecular weight is 583 g/mol. The Morgan fingerprint density at radius 3 is 2.61 bits per heavy atom. The normalized spacial score (nSPS) is 17.1. The minimum absolute atomic E-state index is 0.125. The zero-order valence-electron chi connectivity index (χ0n) is 20.1. The fourth-order valence-corrected chi connectivity index (χ4v) is 4.93. The SMILES string of the molecule is CC(=O)c1cn(CC(=O)N2CC(F)CC2C(=O)Nc2cccc(Br)n2)c2ccc(-c3cnc(F)nc3)cc12. The van der Waals surface area contributed by atoms with Gasteiger partial charge in [-0.1, -0.05) is 12.1 Å². The number of hydrogen-bond acceptors (Lipinski definition) is 6. The molecule has 1 aliphatic rings. The first-order valence-electron chi connectivity index (χ1n) is 11.7. The molecule has 0 spiro atoms. The molecule has 2 unspecified atom stereocenters. The van der Waals surface area contributed by atoms with Gasteiger partial charge in [-0.3, -0.25) is 14.4 Å². The molecule has 1 aromatic carbocycles. The van der Waals surface area contributed by atoms with Crippen molar-refractivity contribution >= 4 is 50.2 Å². The van der Waals surface area contributed by atoms with E-state index in [1.54, 1.807) is 47.2 Å². The number of ketones is 1. The molecule has 12 heteroatoms. The molecule has 3 aromatic heterocycles. The van der Waals surface area contributed by atoms with Crippen molar-refractivity contribution in [3.63, 3.8) is 0 Å². The number of alkyl halides is 1. The van der Waals surface area contributed by atoms with Crippen LogP contribution in [0.15, 0.2) is 59.6 Å². The zero-order valence-corrected chi connectivity index (χ0v) is 21.7. The second-order valence-electron chi connectivity index (χ2n) is 8.93. The predicted molar refractivity (Wildman–Crippen MR) is 139 cm³/mol. The number of rotatable bonds is 6. The van der Waals surface area contributed by atoms with Crippen LogP contribution in [0.3, 0.4) is 0 Å². The number of carbonyl (C=O) groups excluding carboxylic acids is 3. The Balaban J connectivity index is 1.41. The minimum Gasteiger partial charge on any atom is -0.337 e. The van der Waals surface area contributed by atoms with Crippen molar-refractivity contribution in [1.82, 2.24) is 24.4 Å². The first kappa shape index (κ1) is 25.6. The van der Waals surface area contributed by atoms with Gasteiger partial charge < -0.3 is 14.8 Å². The summed E-state index contributed by atoms with van der Waals surface area (Å²) in [4.78, 5) is 51.2. The Kier molecular flexibility index (Phi) is 6.98. The number of halogens is 3. The molecule has 0 bridgehead atoms. The van der Waals surface area contributed by atoms with E-state index in [0.717, 1.165) is 0 Å². The highest BCUT2D eigenvalue weighted by atomic mass is 79.9. The van der Waals surface area contributed by atoms with Crippen LogP contribution in [-0.2, 0) is 16.1 Å². The number of pyridine rings is 1. The number of nitrogens with one attached hydrogen (secondary N) is 1. The second-order valence-corrected chi connectivity index (χ2v) is 9.74. The summed E-state index contributed by atoms with van der Waals surface area (Å²) >= 11 is 3.23. The van der Waals surface area contributed by atoms with Gasteiger partial charge in [0.25, 0.3) is 0 Å². The van der Waals surface area contributed by atoms with Crippen molar-refractivity contribution in [1.29, 1.82) is 0 Å². The summed E-state index contributed by atoms with van der Waals surface area (Å²) in [5.41, 5.74) is 2.22. The molecular formula is C26H21BrF2N6O3. The number of hydrogen-bond donors (Lipinski definition) is 1. The molecule has 194 valence electrons. The van der Waals surface area contributed by atoms with Gasteiger partial charge in [0, 0.05) is 47.0 Å². The van der Waals surface area contributed by atoms with Gasteiger partial charge >= 0.3 is 6.08 Å². The Bertz CT molecular complexity index is 1560. The highest BCUT2D eigenvalue weighted by Crippen LogP contribution is 2.29. The lowest BCUT2D eigenvalue weighted by Gasteiger charge is -2.24. The summed E-state index contributed by atoms with van der Waals surface area (Å²) in [5.74, 6) is -0.922. The van der Waals surface area contributed by atoms with Crippen molar-refractivity contribution in [3.05, 3.63) is 71.2 Å². The number of Topliss-reactive ketones (excluding diaryl/α,β-unsaturated/α-hetero) is 1. The molecule has 1 fully saturated rings. The molecule has 5 rings (SSSR count). The van der Waals surface area contributed by atoms with Crippen LogP contribution in [0, 0.1) is 6.08 Å². The van der Waals surface area contributed by atoms with Crippen LogP contribution >= 0.6 is 15.9 Å². The second kappa shape index (κ2) is 10.4. The fourth-order valence-electron chi connectivity index (χ4n) is 4.58. The zero-order chi connectivity index (χ0) is 27.0. The van der Waals surface area contributed by atoms with E-state index in [2.05, 4.69) is 36.2 Å². The van der Waals surface area contributed by atoms with Gasteiger partial charge in [-0.05, 0) is 52.7 Å². The number of anilines is 1. The maximum absolute atomic E-state index is 14.4. The van der Waals surface area contributed by atoms with Crippen molar-refractivity contribution < 1.29 is 23.2 Å². The Labute approximate surface area is 224 Å². The summed E-state index contributed by atoms with van der Waals surface area (Å²) in [6.45, 7) is 1.00. The van der Waals surface area contributed by atoms with Gasteiger partial charge in [0.2, 0.25) is 11.8 Å². The Morgan fingerprint density at radius 2 is 1.89 bits per heavy atom. The third-order valence-corrected chi connectivity index (χ3v) is 6.80. The number of benzene rings is 1. The van der Waals surface area contributed by atoms with Crippen LogP contribution in [0.4, 0.5) is 14.6 Å². The van der Waals surface area contributed by atoms with Gasteiger partial charge in [-0.15, -0.1) is 0 Å². The van der Waals surface area contributed by atoms with Crippen molar-refractivity contribution in [2.75, 3.05) is 11.9 Å². The van der Waals surface area contributed by atoms with E-state index in [9.17, 15) is 23.2 Å². The molecular weight excluding hydrogens is 562 g/mol. The topological polar surface area (TPSA) is 110 Å². The summed E-state index contributed by atoms with van der Waals surface area (Å²) in [6, 6.07) is 9.22. The van der Waals surface area contributed by atoms with E-state index in [1.807, 2.05) is 0 Å². The largest absolute Gasteiger partial charge is 0.337 e. The van der Waals surface area contributed by atoms with Gasteiger partial charge in [-0.25, -0.2) is 19.3 Å². The molecule has 9 nitrogen and oxygen atoms in total. The van der Waals surface area contributed by atoms with E-state index in [0.29, 0.717) is 32.2 Å². The average Bonchev–Trinajstić information content (AvgIpc) is 3.45. The van der Waals surface area contributed by atoms with E-state index < -0.39 is 30.1 Å². The van der Waals surface area contributed by atoms with Crippen LogP contribution in [0.1, 0.15) is 23.7 Å². The van der Waals surface area contributed by atoms with E-state index in [4.69, 9.17) is 0 Å². The lowest BCUT2D eigenvalue weighted by Crippen LogP contribution is -2.44. The fraction of sp³-hybridized carbons (Fsp3) is 0.231. The van der Waals surface area contributed by atoms with Crippen LogP contribution in [0.25, 0.3) is 22.0 Å². The first-order chi connectivity index (χ1) is 18.2. The molecule has 2 amide bonds. The molecule has 0 aliphatic carbocycles. The monoisotopic (exact) mass is 582 g/mol. The first-order valence-corrected chi connectivity index (χ1v) is 12.5. The lowest BCUT2D eigenvalue weighted by atomic mass is 10.0. The number of nitrogens with zero attached hydrogens (tertiary/aromatic N) is 5. The third kappa shape index (κ3) is 5.17. The van der Waals surface area contributed by atoms with Crippen molar-refractivity contribution in [2.45, 2.75) is 32.1 Å². The van der Waals surface area contributed by atoms with Crippen molar-refractivity contribution in [2.24, 2.45) is 0 Å². The maximum Gasteiger partial charge on any atom is 0.308 e. The molecule has 0 radical (unpaired) electrons. The van der Waals surface area contributed by atoms with Crippen molar-refractivity contribution in [3.8, 4) is 11.1 Å². The third-order valence-electron chi connectivity index (χ3n) is 6.36. The summed E-state index contributed by atoms with van der Waals surface area (Å²) in [6.07, 6.45) is 1.93. The molecule has 38 heavy (non-hydrogen) atoms. The lowest BCUT2D eigenvalue weighted by molar-refractivity contribution is -0.137. The van der Waals surface area contributed by atoms with Crippen LogP contribution in [-0.4, -0.2) is 60.8 Å². The number of amides is 2. The van der Waals surface area contributed by atoms with Gasteiger partial charge in [0.15, 0.2) is 5.78 Å². The molecule has 4 heterocycles. The quantitative estimate of drug-likeness (QED) is 0.207. The Hall–Kier alpha value is -4.06. The van der Waals surface area contributed by atoms with E-state index in [-0.39, 0.29) is 31.1 Å². The van der Waals surface area contributed by atoms with E-state index in [1.165, 1.54) is 24.2 Å². The molecule has 1 saturated heterocycles. The summed E-state index contributed by atoms with van der Waals surface area (Å²) < 4.78 is 29.7. The number of fused-ring (bicyclic) bond motifs is 1. The number of carbonyl (C=O) groups is 3. The summed E-state index contributed by atoms with van der Waals surface area (Å²) in [5, 5.41) is 3.23. The molecule has 0 saturated carbocycles.